The van der Waals surface area contributed by atoms with Gasteiger partial charge in [0, 0.05) is 42.3 Å². The number of halogens is 2. The Balaban J connectivity index is 1.38. The summed E-state index contributed by atoms with van der Waals surface area (Å²) >= 11 is 0. The third-order valence-electron chi connectivity index (χ3n) is 10.2. The molecule has 3 atom stereocenters. The van der Waals surface area contributed by atoms with Gasteiger partial charge >= 0.3 is 6.01 Å². The SMILES string of the molecule is C#Cc1c(F)ccc2cc(O)cc(-c3ncc4c(N5CC6CCC(C5)N6C=O)nc(OCC5(CCC)CCCN5C)nc4c3F)c12. The Morgan fingerprint density at radius 1 is 1.20 bits per heavy atom. The number of phenols is 1. The number of fused-ring (bicyclic) bond motifs is 4. The Labute approximate surface area is 266 Å². The topological polar surface area (TPSA) is 94.9 Å². The highest BCUT2D eigenvalue weighted by Crippen LogP contribution is 2.40. The lowest BCUT2D eigenvalue weighted by atomic mass is 9.92. The largest absolute Gasteiger partial charge is 0.508 e. The summed E-state index contributed by atoms with van der Waals surface area (Å²) < 4.78 is 38.0. The molecule has 5 heterocycles. The lowest BCUT2D eigenvalue weighted by molar-refractivity contribution is -0.121. The summed E-state index contributed by atoms with van der Waals surface area (Å²) in [5, 5.41) is 11.7. The Morgan fingerprint density at radius 2 is 1.98 bits per heavy atom. The summed E-state index contributed by atoms with van der Waals surface area (Å²) in [7, 11) is 2.10. The van der Waals surface area contributed by atoms with Gasteiger partial charge in [-0.3, -0.25) is 14.7 Å². The zero-order valence-corrected chi connectivity index (χ0v) is 26.0. The molecule has 2 aromatic heterocycles. The van der Waals surface area contributed by atoms with Crippen LogP contribution in [0.15, 0.2) is 30.5 Å². The summed E-state index contributed by atoms with van der Waals surface area (Å²) in [6.45, 7) is 4.55. The Bertz CT molecular complexity index is 1880. The third-order valence-corrected chi connectivity index (χ3v) is 10.2. The quantitative estimate of drug-likeness (QED) is 0.209. The van der Waals surface area contributed by atoms with Crippen LogP contribution in [0.1, 0.15) is 51.0 Å². The molecule has 3 fully saturated rings. The molecule has 9 nitrogen and oxygen atoms in total. The Hall–Kier alpha value is -4.56. The van der Waals surface area contributed by atoms with E-state index < -0.39 is 11.6 Å². The molecule has 46 heavy (non-hydrogen) atoms. The maximum atomic E-state index is 16.8. The van der Waals surface area contributed by atoms with Crippen LogP contribution in [0.5, 0.6) is 11.8 Å². The molecule has 3 unspecified atom stereocenters. The molecule has 0 saturated carbocycles. The highest BCUT2D eigenvalue weighted by Gasteiger charge is 2.41. The number of hydrogen-bond acceptors (Lipinski definition) is 8. The van der Waals surface area contributed by atoms with E-state index in [-0.39, 0.29) is 57.1 Å². The molecule has 0 radical (unpaired) electrons. The third kappa shape index (κ3) is 4.87. The van der Waals surface area contributed by atoms with Crippen molar-refractivity contribution < 1.29 is 23.4 Å². The molecule has 11 heteroatoms. The maximum absolute atomic E-state index is 16.8. The van der Waals surface area contributed by atoms with Gasteiger partial charge < -0.3 is 19.6 Å². The number of hydrogen-bond donors (Lipinski definition) is 1. The van der Waals surface area contributed by atoms with Gasteiger partial charge in [-0.15, -0.1) is 6.42 Å². The van der Waals surface area contributed by atoms with Crippen LogP contribution in [0.25, 0.3) is 32.9 Å². The average Bonchev–Trinajstić information content (AvgIpc) is 3.53. The number of rotatable bonds is 8. The zero-order valence-electron chi connectivity index (χ0n) is 26.0. The number of carbonyl (C=O) groups excluding carboxylic acids is 1. The first-order valence-corrected chi connectivity index (χ1v) is 15.9. The fourth-order valence-corrected chi connectivity index (χ4v) is 7.86. The van der Waals surface area contributed by atoms with Gasteiger partial charge in [0.05, 0.1) is 16.5 Å². The predicted octanol–water partition coefficient (Wildman–Crippen LogP) is 5.26. The van der Waals surface area contributed by atoms with Gasteiger partial charge in [0.25, 0.3) is 0 Å². The van der Waals surface area contributed by atoms with E-state index >= 15 is 4.39 Å². The van der Waals surface area contributed by atoms with Crippen molar-refractivity contribution >= 4 is 33.9 Å². The predicted molar refractivity (Wildman–Crippen MR) is 172 cm³/mol. The second-order valence-corrected chi connectivity index (χ2v) is 12.8. The van der Waals surface area contributed by atoms with Gasteiger partial charge in [-0.05, 0) is 69.3 Å². The van der Waals surface area contributed by atoms with E-state index in [9.17, 15) is 14.3 Å². The number of carbonyl (C=O) groups is 1. The van der Waals surface area contributed by atoms with Crippen LogP contribution in [0.3, 0.4) is 0 Å². The van der Waals surface area contributed by atoms with E-state index in [4.69, 9.17) is 16.1 Å². The minimum Gasteiger partial charge on any atom is -0.508 e. The van der Waals surface area contributed by atoms with E-state index in [1.54, 1.807) is 0 Å². The number of anilines is 1. The van der Waals surface area contributed by atoms with E-state index in [1.807, 2.05) is 4.90 Å². The van der Waals surface area contributed by atoms with Crippen molar-refractivity contribution in [2.24, 2.45) is 0 Å². The number of terminal acetylenes is 1. The van der Waals surface area contributed by atoms with Crippen molar-refractivity contribution in [2.45, 2.75) is 63.1 Å². The Kier molecular flexibility index (Phi) is 7.64. The molecule has 0 aliphatic carbocycles. The lowest BCUT2D eigenvalue weighted by Crippen LogP contribution is -2.53. The molecular formula is C35H36F2N6O3. The number of piperazine rings is 1. The van der Waals surface area contributed by atoms with Gasteiger partial charge in [0.2, 0.25) is 6.41 Å². The first-order valence-electron chi connectivity index (χ1n) is 15.9. The van der Waals surface area contributed by atoms with Crippen molar-refractivity contribution in [1.82, 2.24) is 24.8 Å². The van der Waals surface area contributed by atoms with Crippen LogP contribution in [0.4, 0.5) is 14.6 Å². The fourth-order valence-electron chi connectivity index (χ4n) is 7.86. The number of nitrogens with zero attached hydrogens (tertiary/aromatic N) is 6. The molecule has 2 bridgehead atoms. The number of benzene rings is 2. The molecule has 4 aromatic rings. The molecular weight excluding hydrogens is 590 g/mol. The lowest BCUT2D eigenvalue weighted by Gasteiger charge is -2.40. The number of aromatic hydroxyl groups is 1. The normalized spacial score (nSPS) is 22.9. The van der Waals surface area contributed by atoms with Crippen LogP contribution >= 0.6 is 0 Å². The first-order chi connectivity index (χ1) is 22.3. The smallest absolute Gasteiger partial charge is 0.319 e. The number of aromatic nitrogens is 3. The van der Waals surface area contributed by atoms with Crippen LogP contribution in [0, 0.1) is 24.0 Å². The zero-order chi connectivity index (χ0) is 32.2. The number of likely N-dealkylation sites (tertiary alicyclic amines) is 1. The van der Waals surface area contributed by atoms with Crippen molar-refractivity contribution in [3.05, 3.63) is 47.7 Å². The van der Waals surface area contributed by atoms with E-state index in [0.717, 1.165) is 51.5 Å². The van der Waals surface area contributed by atoms with Crippen molar-refractivity contribution in [2.75, 3.05) is 38.2 Å². The second kappa shape index (κ2) is 11.7. The summed E-state index contributed by atoms with van der Waals surface area (Å²) in [5.41, 5.74) is -0.201. The van der Waals surface area contributed by atoms with Crippen LogP contribution in [-0.4, -0.2) is 87.2 Å². The molecule has 3 saturated heterocycles. The van der Waals surface area contributed by atoms with Gasteiger partial charge in [0.15, 0.2) is 5.82 Å². The van der Waals surface area contributed by atoms with E-state index in [2.05, 4.69) is 39.7 Å². The molecule has 1 N–H and O–H groups in total. The number of ether oxygens (including phenoxy) is 1. The average molecular weight is 627 g/mol. The minimum atomic E-state index is -0.763. The summed E-state index contributed by atoms with van der Waals surface area (Å²) in [6.07, 6.45) is 13.9. The monoisotopic (exact) mass is 626 g/mol. The molecule has 2 aromatic carbocycles. The summed E-state index contributed by atoms with van der Waals surface area (Å²) in [4.78, 5) is 32.0. The van der Waals surface area contributed by atoms with E-state index in [0.29, 0.717) is 36.3 Å². The highest BCUT2D eigenvalue weighted by molar-refractivity contribution is 6.03. The van der Waals surface area contributed by atoms with Gasteiger partial charge in [-0.25, -0.2) is 8.78 Å². The number of pyridine rings is 1. The van der Waals surface area contributed by atoms with Crippen molar-refractivity contribution in [3.8, 4) is 35.4 Å². The molecule has 3 aliphatic rings. The van der Waals surface area contributed by atoms with Gasteiger partial charge in [-0.2, -0.15) is 9.97 Å². The first kappa shape index (κ1) is 30.1. The standard InChI is InChI=1S/C35H36F2N6O3/c1-4-11-35(12-6-13-41(35)3)19-46-34-39-32-27(33(40-34)42-17-22-8-9-23(18-42)43(22)20-44)16-38-31(30(32)37)26-15-24(45)14-21-7-10-28(36)25(5-2)29(21)26/h2,7,10,14-16,20,22-23,45H,4,6,8-9,11-13,17-19H2,1,3H3. The molecule has 3 aliphatic heterocycles. The minimum absolute atomic E-state index is 0.00497. The summed E-state index contributed by atoms with van der Waals surface area (Å²) in [5.74, 6) is 1.32. The number of amides is 1. The summed E-state index contributed by atoms with van der Waals surface area (Å²) in [6, 6.07) is 5.59. The molecule has 1 amide bonds. The molecule has 238 valence electrons. The van der Waals surface area contributed by atoms with Crippen LogP contribution < -0.4 is 9.64 Å². The van der Waals surface area contributed by atoms with Crippen LogP contribution in [-0.2, 0) is 4.79 Å². The van der Waals surface area contributed by atoms with Gasteiger partial charge in [0.1, 0.15) is 35.2 Å². The van der Waals surface area contributed by atoms with E-state index in [1.165, 1.54) is 30.5 Å². The Morgan fingerprint density at radius 3 is 2.65 bits per heavy atom. The molecule has 0 spiro atoms. The van der Waals surface area contributed by atoms with Crippen molar-refractivity contribution in [1.29, 1.82) is 0 Å². The number of likely N-dealkylation sites (N-methyl/N-ethyl adjacent to an activating group) is 1. The maximum Gasteiger partial charge on any atom is 0.319 e. The number of phenolic OH excluding ortho intramolecular Hbond substituents is 1. The highest BCUT2D eigenvalue weighted by atomic mass is 19.1. The molecule has 7 rings (SSSR count). The second-order valence-electron chi connectivity index (χ2n) is 12.8. The van der Waals surface area contributed by atoms with Crippen LogP contribution in [0.2, 0.25) is 0 Å². The fraction of sp³-hybridized carbons (Fsp3) is 0.429. The van der Waals surface area contributed by atoms with Gasteiger partial charge in [-0.1, -0.05) is 25.3 Å². The van der Waals surface area contributed by atoms with Crippen molar-refractivity contribution in [3.63, 3.8) is 0 Å².